The molecule has 2 heterocycles. The Morgan fingerprint density at radius 2 is 1.93 bits per heavy atom. The summed E-state index contributed by atoms with van der Waals surface area (Å²) in [6.45, 7) is 7.11. The molecule has 1 fully saturated rings. The number of piperazine rings is 1. The molecule has 0 bridgehead atoms. The fourth-order valence-electron chi connectivity index (χ4n) is 3.25. The zero-order chi connectivity index (χ0) is 19.9. The number of likely N-dealkylation sites (N-methyl/N-ethyl adjacent to an activating group) is 1. The van der Waals surface area contributed by atoms with E-state index < -0.39 is 0 Å². The van der Waals surface area contributed by atoms with Gasteiger partial charge < -0.3 is 19.4 Å². The van der Waals surface area contributed by atoms with E-state index in [9.17, 15) is 4.79 Å². The molecule has 0 saturated carbocycles. The van der Waals surface area contributed by atoms with Crippen molar-refractivity contribution in [3.05, 3.63) is 36.5 Å². The van der Waals surface area contributed by atoms with Crippen LogP contribution in [0.4, 0.5) is 16.3 Å². The van der Waals surface area contributed by atoms with E-state index in [-0.39, 0.29) is 6.03 Å². The summed E-state index contributed by atoms with van der Waals surface area (Å²) in [7, 11) is 4.04. The van der Waals surface area contributed by atoms with Crippen molar-refractivity contribution in [2.45, 2.75) is 13.5 Å². The number of hydrogen-bond acceptors (Lipinski definition) is 5. The van der Waals surface area contributed by atoms with Crippen molar-refractivity contribution >= 4 is 17.5 Å². The summed E-state index contributed by atoms with van der Waals surface area (Å²) in [5.74, 6) is 1.63. The van der Waals surface area contributed by atoms with Crippen LogP contribution in [0.15, 0.2) is 36.5 Å². The monoisotopic (exact) mass is 386 g/mol. The quantitative estimate of drug-likeness (QED) is 0.790. The Bertz CT molecular complexity index is 768. The maximum absolute atomic E-state index is 12.7. The highest BCUT2D eigenvalue weighted by Gasteiger charge is 2.23. The van der Waals surface area contributed by atoms with Crippen molar-refractivity contribution in [1.29, 1.82) is 0 Å². The maximum atomic E-state index is 12.7. The highest BCUT2D eigenvalue weighted by molar-refractivity contribution is 5.88. The predicted molar refractivity (Wildman–Crippen MR) is 111 cm³/mol. The Labute approximate surface area is 166 Å². The third kappa shape index (κ3) is 4.95. The van der Waals surface area contributed by atoms with Crippen LogP contribution in [0.3, 0.4) is 0 Å². The number of nitrogens with zero attached hydrogens (tertiary/aromatic N) is 5. The number of rotatable bonds is 7. The second-order valence-corrected chi connectivity index (χ2v) is 7.05. The SMILES string of the molecule is CCOc1ccccc1N1CCN(C(=O)Nc2ccnn2CCN(C)C)CC1. The second kappa shape index (κ2) is 9.45. The number of anilines is 2. The minimum Gasteiger partial charge on any atom is -0.492 e. The number of nitrogens with one attached hydrogen (secondary N) is 1. The lowest BCUT2D eigenvalue weighted by Gasteiger charge is -2.36. The zero-order valence-electron chi connectivity index (χ0n) is 17.0. The Balaban J connectivity index is 1.56. The van der Waals surface area contributed by atoms with Crippen LogP contribution >= 0.6 is 0 Å². The van der Waals surface area contributed by atoms with Gasteiger partial charge in [-0.15, -0.1) is 0 Å². The maximum Gasteiger partial charge on any atom is 0.323 e. The number of ether oxygens (including phenoxy) is 1. The molecule has 1 aliphatic heterocycles. The van der Waals surface area contributed by atoms with Gasteiger partial charge in [0.25, 0.3) is 0 Å². The van der Waals surface area contributed by atoms with Crippen molar-refractivity contribution in [2.75, 3.05) is 63.6 Å². The number of carbonyl (C=O) groups excluding carboxylic acids is 1. The van der Waals surface area contributed by atoms with Gasteiger partial charge in [0, 0.05) is 38.8 Å². The molecule has 1 N–H and O–H groups in total. The molecule has 152 valence electrons. The molecule has 0 aliphatic carbocycles. The molecule has 0 unspecified atom stereocenters. The lowest BCUT2D eigenvalue weighted by Crippen LogP contribution is -2.50. The predicted octanol–water partition coefficient (Wildman–Crippen LogP) is 2.20. The molecule has 8 nitrogen and oxygen atoms in total. The standard InChI is InChI=1S/C20H30N6O2/c1-4-28-18-8-6-5-7-17(18)24-12-14-25(15-13-24)20(27)22-19-9-10-21-26(19)16-11-23(2)3/h5-10H,4,11-16H2,1-3H3,(H,22,27). The highest BCUT2D eigenvalue weighted by atomic mass is 16.5. The molecule has 1 aliphatic rings. The smallest absolute Gasteiger partial charge is 0.323 e. The number of amides is 2. The average molecular weight is 387 g/mol. The van der Waals surface area contributed by atoms with Crippen LogP contribution in [-0.4, -0.2) is 79.0 Å². The molecule has 0 atom stereocenters. The molecule has 1 aromatic heterocycles. The van der Waals surface area contributed by atoms with Crippen LogP contribution in [-0.2, 0) is 6.54 Å². The number of hydrogen-bond donors (Lipinski definition) is 1. The van der Waals surface area contributed by atoms with Gasteiger partial charge in [-0.3, -0.25) is 5.32 Å². The van der Waals surface area contributed by atoms with E-state index in [1.807, 2.05) is 54.9 Å². The van der Waals surface area contributed by atoms with Crippen LogP contribution in [0, 0.1) is 0 Å². The van der Waals surface area contributed by atoms with E-state index in [0.717, 1.165) is 43.4 Å². The van der Waals surface area contributed by atoms with Crippen molar-refractivity contribution in [3.8, 4) is 5.75 Å². The number of urea groups is 1. The van der Waals surface area contributed by atoms with Crippen molar-refractivity contribution in [3.63, 3.8) is 0 Å². The van der Waals surface area contributed by atoms with E-state index in [4.69, 9.17) is 4.74 Å². The summed E-state index contributed by atoms with van der Waals surface area (Å²) in [5.41, 5.74) is 1.09. The molecule has 1 aromatic carbocycles. The number of aromatic nitrogens is 2. The van der Waals surface area contributed by atoms with Crippen LogP contribution in [0.25, 0.3) is 0 Å². The van der Waals surface area contributed by atoms with Gasteiger partial charge in [0.05, 0.1) is 25.0 Å². The molecule has 0 spiro atoms. The van der Waals surface area contributed by atoms with Crippen LogP contribution in [0.5, 0.6) is 5.75 Å². The third-order valence-electron chi connectivity index (χ3n) is 4.78. The van der Waals surface area contributed by atoms with Crippen molar-refractivity contribution in [1.82, 2.24) is 19.6 Å². The van der Waals surface area contributed by atoms with Gasteiger partial charge in [0.15, 0.2) is 0 Å². The molecular weight excluding hydrogens is 356 g/mol. The van der Waals surface area contributed by atoms with E-state index in [1.54, 1.807) is 6.20 Å². The van der Waals surface area contributed by atoms with Gasteiger partial charge in [-0.1, -0.05) is 12.1 Å². The summed E-state index contributed by atoms with van der Waals surface area (Å²) < 4.78 is 7.57. The molecule has 0 radical (unpaired) electrons. The van der Waals surface area contributed by atoms with E-state index >= 15 is 0 Å². The van der Waals surface area contributed by atoms with Gasteiger partial charge in [-0.05, 0) is 33.2 Å². The van der Waals surface area contributed by atoms with Gasteiger partial charge in [-0.25, -0.2) is 9.48 Å². The minimum atomic E-state index is -0.0793. The lowest BCUT2D eigenvalue weighted by molar-refractivity contribution is 0.207. The van der Waals surface area contributed by atoms with Gasteiger partial charge in [-0.2, -0.15) is 5.10 Å². The van der Waals surface area contributed by atoms with Crippen molar-refractivity contribution < 1.29 is 9.53 Å². The fraction of sp³-hybridized carbons (Fsp3) is 0.500. The van der Waals surface area contributed by atoms with Crippen LogP contribution in [0.1, 0.15) is 6.92 Å². The molecular formula is C20H30N6O2. The molecule has 3 rings (SSSR count). The number of carbonyl (C=O) groups is 1. The Morgan fingerprint density at radius 1 is 1.18 bits per heavy atom. The lowest BCUT2D eigenvalue weighted by atomic mass is 10.2. The summed E-state index contributed by atoms with van der Waals surface area (Å²) >= 11 is 0. The zero-order valence-corrected chi connectivity index (χ0v) is 17.0. The van der Waals surface area contributed by atoms with E-state index in [2.05, 4.69) is 26.3 Å². The summed E-state index contributed by atoms with van der Waals surface area (Å²) in [4.78, 5) is 18.9. The Hall–Kier alpha value is -2.74. The highest BCUT2D eigenvalue weighted by Crippen LogP contribution is 2.28. The fourth-order valence-corrected chi connectivity index (χ4v) is 3.25. The summed E-state index contributed by atoms with van der Waals surface area (Å²) in [5, 5.41) is 7.30. The largest absolute Gasteiger partial charge is 0.492 e. The topological polar surface area (TPSA) is 65.9 Å². The van der Waals surface area contributed by atoms with Gasteiger partial charge >= 0.3 is 6.03 Å². The first-order valence-corrected chi connectivity index (χ1v) is 9.77. The Morgan fingerprint density at radius 3 is 2.64 bits per heavy atom. The third-order valence-corrected chi connectivity index (χ3v) is 4.78. The van der Waals surface area contributed by atoms with Crippen LogP contribution < -0.4 is 15.0 Å². The van der Waals surface area contributed by atoms with E-state index in [1.165, 1.54) is 0 Å². The van der Waals surface area contributed by atoms with Gasteiger partial charge in [0.1, 0.15) is 11.6 Å². The molecule has 2 aromatic rings. The number of benzene rings is 1. The normalized spacial score (nSPS) is 14.4. The second-order valence-electron chi connectivity index (χ2n) is 7.05. The number of para-hydroxylation sites is 2. The van der Waals surface area contributed by atoms with Crippen molar-refractivity contribution in [2.24, 2.45) is 0 Å². The minimum absolute atomic E-state index is 0.0793. The van der Waals surface area contributed by atoms with Gasteiger partial charge in [0.2, 0.25) is 0 Å². The molecule has 8 heteroatoms. The Kier molecular flexibility index (Phi) is 6.76. The first-order chi connectivity index (χ1) is 13.6. The van der Waals surface area contributed by atoms with E-state index in [0.29, 0.717) is 19.7 Å². The first-order valence-electron chi connectivity index (χ1n) is 9.77. The van der Waals surface area contributed by atoms with Crippen LogP contribution in [0.2, 0.25) is 0 Å². The molecule has 1 saturated heterocycles. The summed E-state index contributed by atoms with van der Waals surface area (Å²) in [6.07, 6.45) is 1.72. The average Bonchev–Trinajstić information content (AvgIpc) is 3.14. The molecule has 2 amide bonds. The molecule has 28 heavy (non-hydrogen) atoms. The first kappa shape index (κ1) is 20.0. The summed E-state index contributed by atoms with van der Waals surface area (Å²) in [6, 6.07) is 9.83.